The largest absolute Gasteiger partial charge is 0.463 e. The highest BCUT2D eigenvalue weighted by atomic mass is 16.5. The number of esters is 3. The van der Waals surface area contributed by atoms with Gasteiger partial charge in [0, 0.05) is 19.3 Å². The normalized spacial score (nSPS) is 26.4. The van der Waals surface area contributed by atoms with E-state index in [0.29, 0.717) is 19.3 Å². The van der Waals surface area contributed by atoms with E-state index in [0.717, 1.165) is 77.0 Å². The number of rotatable bonds is 3. The van der Waals surface area contributed by atoms with E-state index in [-0.39, 0.29) is 36.2 Å². The van der Waals surface area contributed by atoms with E-state index in [2.05, 4.69) is 50.3 Å². The third-order valence-corrected chi connectivity index (χ3v) is 12.0. The lowest BCUT2D eigenvalue weighted by Crippen LogP contribution is -2.18. The van der Waals surface area contributed by atoms with E-state index < -0.39 is 0 Å². The van der Waals surface area contributed by atoms with Gasteiger partial charge in [0.25, 0.3) is 0 Å². The van der Waals surface area contributed by atoms with Gasteiger partial charge < -0.3 is 14.2 Å². The lowest BCUT2D eigenvalue weighted by Gasteiger charge is -2.17. The van der Waals surface area contributed by atoms with Crippen molar-refractivity contribution < 1.29 is 28.6 Å². The molecule has 6 nitrogen and oxygen atoms in total. The van der Waals surface area contributed by atoms with Gasteiger partial charge in [-0.1, -0.05) is 134 Å². The molecule has 0 N–H and O–H groups in total. The third kappa shape index (κ3) is 38.5. The first-order chi connectivity index (χ1) is 29.4. The van der Waals surface area contributed by atoms with Crippen LogP contribution in [0.15, 0.2) is 36.5 Å². The van der Waals surface area contributed by atoms with Crippen LogP contribution in [-0.4, -0.2) is 36.2 Å². The minimum absolute atomic E-state index is 0.00143. The zero-order valence-corrected chi connectivity index (χ0v) is 39.7. The molecule has 0 aromatic carbocycles. The molecular formula is C54H96O6. The maximum absolute atomic E-state index is 11.8. The monoisotopic (exact) mass is 841 g/mol. The average molecular weight is 841 g/mol. The van der Waals surface area contributed by atoms with Crippen LogP contribution in [0.5, 0.6) is 0 Å². The van der Waals surface area contributed by atoms with Gasteiger partial charge in [-0.3, -0.25) is 14.4 Å². The molecule has 3 aliphatic heterocycles. The van der Waals surface area contributed by atoms with E-state index in [1.54, 1.807) is 0 Å². The van der Waals surface area contributed by atoms with E-state index in [1.165, 1.54) is 154 Å². The van der Waals surface area contributed by atoms with Crippen LogP contribution in [0.4, 0.5) is 0 Å². The molecule has 3 aliphatic rings. The molecule has 0 bridgehead atoms. The van der Waals surface area contributed by atoms with Gasteiger partial charge in [-0.05, 0) is 155 Å². The van der Waals surface area contributed by atoms with Crippen molar-refractivity contribution in [2.45, 2.75) is 289 Å². The zero-order valence-electron chi connectivity index (χ0n) is 39.7. The standard InChI is InChI=1S/3C18H32O2/c1-17-15-13-11-9-7-5-3-2-4-6-8-10-12-14-16-18(19)20-17;1-2-17-15-13-11-9-7-5-3-4-6-8-10-12-14-16-18(19)20-17;1-2-14-17-15-12-10-8-6-4-3-5-7-9-11-13-16-18(19)20-17/h2-3,17H,4-16H2,1H3;3,5,17H,2,4,6-16H2,1H3;4,6,17H,2-3,5,7-16H2,1H3/b3-2-;5-3-;6-4-. The topological polar surface area (TPSA) is 78.9 Å². The van der Waals surface area contributed by atoms with Crippen LogP contribution in [0.3, 0.4) is 0 Å². The van der Waals surface area contributed by atoms with Gasteiger partial charge in [-0.15, -0.1) is 0 Å². The summed E-state index contributed by atoms with van der Waals surface area (Å²) in [6, 6.07) is 0. The summed E-state index contributed by atoms with van der Waals surface area (Å²) in [6.07, 6.45) is 58.8. The number of allylic oxidation sites excluding steroid dienone is 6. The van der Waals surface area contributed by atoms with Gasteiger partial charge in [-0.25, -0.2) is 0 Å². The third-order valence-electron chi connectivity index (χ3n) is 12.0. The minimum atomic E-state index is 0.00143. The van der Waals surface area contributed by atoms with Crippen molar-refractivity contribution in [2.24, 2.45) is 0 Å². The maximum Gasteiger partial charge on any atom is 0.306 e. The van der Waals surface area contributed by atoms with Crippen molar-refractivity contribution in [3.05, 3.63) is 36.5 Å². The molecule has 0 spiro atoms. The second kappa shape index (κ2) is 43.3. The van der Waals surface area contributed by atoms with E-state index in [9.17, 15) is 14.4 Å². The summed E-state index contributed by atoms with van der Waals surface area (Å²) in [7, 11) is 0. The highest BCUT2D eigenvalue weighted by molar-refractivity contribution is 5.70. The van der Waals surface area contributed by atoms with Crippen LogP contribution < -0.4 is 0 Å². The summed E-state index contributed by atoms with van der Waals surface area (Å²) in [6.45, 7) is 6.30. The summed E-state index contributed by atoms with van der Waals surface area (Å²) in [4.78, 5) is 35.3. The molecule has 60 heavy (non-hydrogen) atoms. The molecular weight excluding hydrogens is 745 g/mol. The lowest BCUT2D eigenvalue weighted by molar-refractivity contribution is -0.150. The summed E-state index contributed by atoms with van der Waals surface area (Å²) < 4.78 is 16.7. The number of hydrogen-bond donors (Lipinski definition) is 0. The van der Waals surface area contributed by atoms with Crippen molar-refractivity contribution in [3.8, 4) is 0 Å². The van der Waals surface area contributed by atoms with E-state index >= 15 is 0 Å². The number of cyclic esters (lactones) is 3. The molecule has 0 aromatic heterocycles. The first-order valence-electron chi connectivity index (χ1n) is 26.0. The first-order valence-corrected chi connectivity index (χ1v) is 26.0. The Morgan fingerprint density at radius 2 is 0.683 bits per heavy atom. The van der Waals surface area contributed by atoms with Crippen molar-refractivity contribution in [3.63, 3.8) is 0 Å². The Balaban J connectivity index is 0.000000450. The summed E-state index contributed by atoms with van der Waals surface area (Å²) in [5.74, 6) is 0.0415. The fourth-order valence-electron chi connectivity index (χ4n) is 8.15. The number of ether oxygens (including phenoxy) is 3. The highest BCUT2D eigenvalue weighted by Crippen LogP contribution is 2.18. The fourth-order valence-corrected chi connectivity index (χ4v) is 8.15. The average Bonchev–Trinajstić information content (AvgIpc) is 3.23. The molecule has 3 unspecified atom stereocenters. The maximum atomic E-state index is 11.8. The molecule has 6 heteroatoms. The van der Waals surface area contributed by atoms with Crippen LogP contribution in [-0.2, 0) is 28.6 Å². The Kier molecular flexibility index (Phi) is 40.1. The van der Waals surface area contributed by atoms with Crippen LogP contribution in [0.2, 0.25) is 0 Å². The van der Waals surface area contributed by atoms with Gasteiger partial charge in [0.05, 0.1) is 6.10 Å². The van der Waals surface area contributed by atoms with Crippen molar-refractivity contribution >= 4 is 17.9 Å². The molecule has 0 aromatic rings. The number of carbonyl (C=O) groups is 3. The number of carbonyl (C=O) groups excluding carboxylic acids is 3. The SMILES string of the molecule is CC1CCCCCC/C=C\CCCCCCCC(=O)O1.CCC1CCCCC/C=C\CCCCCCCC(=O)O1.CCCC1CCCC/C=C\CCCCCCCC(=O)O1. The lowest BCUT2D eigenvalue weighted by atomic mass is 10.0. The first kappa shape index (κ1) is 55.6. The summed E-state index contributed by atoms with van der Waals surface area (Å²) in [5, 5.41) is 0. The molecule has 3 rings (SSSR count). The van der Waals surface area contributed by atoms with Crippen LogP contribution in [0.25, 0.3) is 0 Å². The Bertz CT molecular complexity index is 1080. The van der Waals surface area contributed by atoms with E-state index in [1.807, 2.05) is 6.92 Å². The zero-order chi connectivity index (χ0) is 43.4. The Morgan fingerprint density at radius 3 is 1.12 bits per heavy atom. The minimum Gasteiger partial charge on any atom is -0.463 e. The molecule has 348 valence electrons. The molecule has 0 saturated heterocycles. The van der Waals surface area contributed by atoms with Crippen molar-refractivity contribution in [1.82, 2.24) is 0 Å². The van der Waals surface area contributed by atoms with E-state index in [4.69, 9.17) is 14.2 Å². The molecule has 0 aliphatic carbocycles. The predicted molar refractivity (Wildman–Crippen MR) is 254 cm³/mol. The summed E-state index contributed by atoms with van der Waals surface area (Å²) in [5.41, 5.74) is 0. The molecule has 0 saturated carbocycles. The Morgan fingerprint density at radius 1 is 0.383 bits per heavy atom. The molecule has 3 atom stereocenters. The van der Waals surface area contributed by atoms with Crippen LogP contribution >= 0.6 is 0 Å². The van der Waals surface area contributed by atoms with Gasteiger partial charge in [0.1, 0.15) is 12.2 Å². The Labute approximate surface area is 371 Å². The van der Waals surface area contributed by atoms with Crippen LogP contribution in [0, 0.1) is 0 Å². The Hall–Kier alpha value is -2.37. The molecule has 0 amide bonds. The van der Waals surface area contributed by atoms with Crippen LogP contribution in [0.1, 0.15) is 271 Å². The van der Waals surface area contributed by atoms with Gasteiger partial charge in [0.2, 0.25) is 0 Å². The predicted octanol–water partition coefficient (Wildman–Crippen LogP) is 16.7. The molecule has 0 fully saturated rings. The van der Waals surface area contributed by atoms with Gasteiger partial charge >= 0.3 is 17.9 Å². The van der Waals surface area contributed by atoms with Crippen molar-refractivity contribution in [1.29, 1.82) is 0 Å². The quantitative estimate of drug-likeness (QED) is 0.160. The van der Waals surface area contributed by atoms with Gasteiger partial charge in [-0.2, -0.15) is 0 Å². The van der Waals surface area contributed by atoms with Crippen molar-refractivity contribution in [2.75, 3.05) is 0 Å². The molecule has 3 heterocycles. The smallest absolute Gasteiger partial charge is 0.306 e. The fraction of sp³-hybridized carbons (Fsp3) is 0.833. The second-order valence-electron chi connectivity index (χ2n) is 18.0. The van der Waals surface area contributed by atoms with Gasteiger partial charge in [0.15, 0.2) is 0 Å². The molecule has 0 radical (unpaired) electrons. The number of hydrogen-bond acceptors (Lipinski definition) is 6. The summed E-state index contributed by atoms with van der Waals surface area (Å²) >= 11 is 0. The second-order valence-corrected chi connectivity index (χ2v) is 18.0. The highest BCUT2D eigenvalue weighted by Gasteiger charge is 2.14.